The molecule has 0 saturated carbocycles. The first-order chi connectivity index (χ1) is 14.4. The number of hydrogen-bond acceptors (Lipinski definition) is 0. The monoisotopic (exact) mass is 405 g/mol. The molecule has 0 aromatic rings. The molecular formula is C29H57. The first kappa shape index (κ1) is 28.7. The molecule has 0 spiro atoms. The topological polar surface area (TPSA) is 0 Å². The summed E-state index contributed by atoms with van der Waals surface area (Å²) in [6.07, 6.45) is 40.5. The van der Waals surface area contributed by atoms with E-state index in [1.807, 2.05) is 6.08 Å². The van der Waals surface area contributed by atoms with Crippen LogP contribution in [0.25, 0.3) is 0 Å². The van der Waals surface area contributed by atoms with Crippen molar-refractivity contribution in [3.8, 4) is 0 Å². The average Bonchev–Trinajstić information content (AvgIpc) is 2.74. The second-order valence-electron chi connectivity index (χ2n) is 9.39. The van der Waals surface area contributed by atoms with Gasteiger partial charge >= 0.3 is 0 Å². The maximum atomic E-state index is 3.74. The maximum Gasteiger partial charge on any atom is -0.0316 e. The SMILES string of the molecule is [CH2]/C=C/CCCCCCCCCCCCCCCCCCCCCCCCCC. The quantitative estimate of drug-likeness (QED) is 0.132. The Balaban J connectivity index is 2.98. The van der Waals surface area contributed by atoms with Gasteiger partial charge in [-0.15, -0.1) is 0 Å². The second-order valence-corrected chi connectivity index (χ2v) is 9.39. The molecule has 0 aliphatic heterocycles. The van der Waals surface area contributed by atoms with Gasteiger partial charge in [-0.1, -0.05) is 167 Å². The molecular weight excluding hydrogens is 348 g/mol. The van der Waals surface area contributed by atoms with Crippen molar-refractivity contribution in [1.29, 1.82) is 0 Å². The third-order valence-corrected chi connectivity index (χ3v) is 6.39. The molecule has 0 unspecified atom stereocenters. The Morgan fingerprint density at radius 1 is 0.379 bits per heavy atom. The first-order valence-electron chi connectivity index (χ1n) is 13.9. The van der Waals surface area contributed by atoms with Gasteiger partial charge in [0.05, 0.1) is 0 Å². The number of unbranched alkanes of at least 4 members (excludes halogenated alkanes) is 24. The Bertz CT molecular complexity index is 290. The smallest absolute Gasteiger partial charge is 0.0316 e. The highest BCUT2D eigenvalue weighted by molar-refractivity contribution is 4.83. The summed E-state index contributed by atoms with van der Waals surface area (Å²) in [4.78, 5) is 0. The minimum atomic E-state index is 1.22. The zero-order chi connectivity index (χ0) is 21.1. The van der Waals surface area contributed by atoms with Crippen molar-refractivity contribution in [3.05, 3.63) is 19.1 Å². The number of rotatable bonds is 25. The summed E-state index contributed by atoms with van der Waals surface area (Å²) in [7, 11) is 0. The highest BCUT2D eigenvalue weighted by Gasteiger charge is 1.96. The predicted molar refractivity (Wildman–Crippen MR) is 136 cm³/mol. The van der Waals surface area contributed by atoms with Crippen molar-refractivity contribution < 1.29 is 0 Å². The van der Waals surface area contributed by atoms with E-state index in [2.05, 4.69) is 19.9 Å². The normalized spacial score (nSPS) is 11.7. The lowest BCUT2D eigenvalue weighted by Gasteiger charge is -2.04. The van der Waals surface area contributed by atoms with E-state index in [9.17, 15) is 0 Å². The fourth-order valence-corrected chi connectivity index (χ4v) is 4.34. The van der Waals surface area contributed by atoms with Crippen LogP contribution >= 0.6 is 0 Å². The van der Waals surface area contributed by atoms with Crippen LogP contribution in [0.4, 0.5) is 0 Å². The van der Waals surface area contributed by atoms with Gasteiger partial charge in [-0.25, -0.2) is 0 Å². The van der Waals surface area contributed by atoms with Gasteiger partial charge in [0, 0.05) is 0 Å². The minimum absolute atomic E-state index is 1.22. The molecule has 0 bridgehead atoms. The summed E-state index contributed by atoms with van der Waals surface area (Å²) < 4.78 is 0. The van der Waals surface area contributed by atoms with Gasteiger partial charge in [-0.3, -0.25) is 0 Å². The third-order valence-electron chi connectivity index (χ3n) is 6.39. The van der Waals surface area contributed by atoms with Crippen molar-refractivity contribution in [2.24, 2.45) is 0 Å². The van der Waals surface area contributed by atoms with Crippen LogP contribution in [-0.2, 0) is 0 Å². The Morgan fingerprint density at radius 2 is 0.621 bits per heavy atom. The molecule has 0 rings (SSSR count). The molecule has 0 aliphatic carbocycles. The van der Waals surface area contributed by atoms with Crippen LogP contribution in [0.2, 0.25) is 0 Å². The van der Waals surface area contributed by atoms with E-state index >= 15 is 0 Å². The molecule has 1 radical (unpaired) electrons. The van der Waals surface area contributed by atoms with Crippen molar-refractivity contribution in [2.45, 2.75) is 167 Å². The van der Waals surface area contributed by atoms with E-state index in [4.69, 9.17) is 0 Å². The lowest BCUT2D eigenvalue weighted by Crippen LogP contribution is -1.84. The van der Waals surface area contributed by atoms with E-state index in [0.29, 0.717) is 0 Å². The molecule has 0 aromatic carbocycles. The second kappa shape index (κ2) is 27.7. The van der Waals surface area contributed by atoms with Crippen LogP contribution in [-0.4, -0.2) is 0 Å². The molecule has 0 saturated heterocycles. The summed E-state index contributed by atoms with van der Waals surface area (Å²) in [6.45, 7) is 6.04. The van der Waals surface area contributed by atoms with Gasteiger partial charge in [0.1, 0.15) is 0 Å². The summed E-state index contributed by atoms with van der Waals surface area (Å²) in [5, 5.41) is 0. The Hall–Kier alpha value is -0.260. The highest BCUT2D eigenvalue weighted by Crippen LogP contribution is 2.15. The molecule has 0 fully saturated rings. The Labute approximate surface area is 186 Å². The van der Waals surface area contributed by atoms with Gasteiger partial charge in [-0.2, -0.15) is 0 Å². The molecule has 0 heteroatoms. The number of hydrogen-bond donors (Lipinski definition) is 0. The molecule has 0 nitrogen and oxygen atoms in total. The summed E-state index contributed by atoms with van der Waals surface area (Å²) >= 11 is 0. The van der Waals surface area contributed by atoms with Crippen LogP contribution in [0.15, 0.2) is 12.2 Å². The van der Waals surface area contributed by atoms with Crippen LogP contribution in [0.1, 0.15) is 167 Å². The molecule has 0 aliphatic rings. The summed E-state index contributed by atoms with van der Waals surface area (Å²) in [5.41, 5.74) is 0. The van der Waals surface area contributed by atoms with E-state index in [1.165, 1.54) is 161 Å². The van der Waals surface area contributed by atoms with E-state index in [1.54, 1.807) is 0 Å². The number of allylic oxidation sites excluding steroid dienone is 2. The lowest BCUT2D eigenvalue weighted by atomic mass is 10.0. The zero-order valence-corrected chi connectivity index (χ0v) is 20.5. The van der Waals surface area contributed by atoms with Crippen LogP contribution in [0, 0.1) is 6.92 Å². The van der Waals surface area contributed by atoms with Crippen molar-refractivity contribution >= 4 is 0 Å². The largest absolute Gasteiger partial charge is 0.0885 e. The first-order valence-corrected chi connectivity index (χ1v) is 13.9. The van der Waals surface area contributed by atoms with Gasteiger partial charge in [0.25, 0.3) is 0 Å². The van der Waals surface area contributed by atoms with Crippen molar-refractivity contribution in [1.82, 2.24) is 0 Å². The van der Waals surface area contributed by atoms with Crippen LogP contribution in [0.3, 0.4) is 0 Å². The molecule has 0 atom stereocenters. The van der Waals surface area contributed by atoms with Gasteiger partial charge in [0.15, 0.2) is 0 Å². The fraction of sp³-hybridized carbons (Fsp3) is 0.897. The van der Waals surface area contributed by atoms with Gasteiger partial charge in [-0.05, 0) is 19.8 Å². The fourth-order valence-electron chi connectivity index (χ4n) is 4.34. The van der Waals surface area contributed by atoms with E-state index in [0.717, 1.165) is 0 Å². The predicted octanol–water partition coefficient (Wildman–Crippen LogP) is 11.1. The molecule has 0 N–H and O–H groups in total. The molecule has 0 aromatic heterocycles. The lowest BCUT2D eigenvalue weighted by molar-refractivity contribution is 0.517. The zero-order valence-electron chi connectivity index (χ0n) is 20.5. The standard InChI is InChI=1S/C29H57/c1-3-5-7-9-11-13-15-17-19-21-23-25-27-29-28-26-24-22-20-18-16-14-12-10-8-6-4-2/h3,5H,1,4,6-29H2,2H3/b5-3+. The third kappa shape index (κ3) is 27.7. The highest BCUT2D eigenvalue weighted by atomic mass is 14.0. The summed E-state index contributed by atoms with van der Waals surface area (Å²) in [6, 6.07) is 0. The van der Waals surface area contributed by atoms with Gasteiger partial charge < -0.3 is 0 Å². The van der Waals surface area contributed by atoms with Gasteiger partial charge in [0.2, 0.25) is 0 Å². The summed E-state index contributed by atoms with van der Waals surface area (Å²) in [5.74, 6) is 0. The molecule has 29 heavy (non-hydrogen) atoms. The van der Waals surface area contributed by atoms with Crippen molar-refractivity contribution in [3.63, 3.8) is 0 Å². The average molecular weight is 406 g/mol. The maximum absolute atomic E-state index is 3.74. The minimum Gasteiger partial charge on any atom is -0.0885 e. The van der Waals surface area contributed by atoms with Crippen LogP contribution < -0.4 is 0 Å². The Kier molecular flexibility index (Phi) is 27.5. The Morgan fingerprint density at radius 3 is 0.862 bits per heavy atom. The van der Waals surface area contributed by atoms with E-state index < -0.39 is 0 Å². The van der Waals surface area contributed by atoms with Crippen LogP contribution in [0.5, 0.6) is 0 Å². The molecule has 173 valence electrons. The van der Waals surface area contributed by atoms with E-state index in [-0.39, 0.29) is 0 Å². The van der Waals surface area contributed by atoms with Crippen molar-refractivity contribution in [2.75, 3.05) is 0 Å². The molecule has 0 amide bonds. The molecule has 0 heterocycles.